The molecule has 0 bridgehead atoms. The molecule has 0 amide bonds. The normalized spacial score (nSPS) is 11.3. The van der Waals surface area contributed by atoms with Crippen molar-refractivity contribution in [1.82, 2.24) is 70.0 Å². The van der Waals surface area contributed by atoms with Crippen molar-refractivity contribution in [1.29, 1.82) is 5.26 Å². The summed E-state index contributed by atoms with van der Waals surface area (Å²) >= 11 is 18.1. The van der Waals surface area contributed by atoms with E-state index in [2.05, 4.69) is 157 Å². The monoisotopic (exact) mass is 2060 g/mol. The van der Waals surface area contributed by atoms with Gasteiger partial charge < -0.3 is 49.9 Å². The van der Waals surface area contributed by atoms with Gasteiger partial charge in [0.1, 0.15) is 28.2 Å². The number of aromatic nitrogens is 14. The summed E-state index contributed by atoms with van der Waals surface area (Å²) in [4.78, 5) is 51.8. The molecular formula is C102H113Cl3N26O8S4. The first kappa shape index (κ1) is 109. The van der Waals surface area contributed by atoms with Crippen molar-refractivity contribution in [3.63, 3.8) is 0 Å². The average molecular weight is 2070 g/mol. The van der Waals surface area contributed by atoms with E-state index >= 15 is 0 Å². The Bertz CT molecular complexity index is 7520. The van der Waals surface area contributed by atoms with Gasteiger partial charge in [-0.3, -0.25) is 9.97 Å². The maximum atomic E-state index is 12.5. The molecule has 15 aromatic rings. The van der Waals surface area contributed by atoms with Gasteiger partial charge >= 0.3 is 0 Å². The summed E-state index contributed by atoms with van der Waals surface area (Å²) in [6, 6.07) is 63.4. The van der Waals surface area contributed by atoms with Gasteiger partial charge in [-0.25, -0.2) is 73.9 Å². The number of nitrogens with zero attached hydrogens (tertiary/aromatic N) is 15. The number of nitriles is 1. The van der Waals surface area contributed by atoms with Gasteiger partial charge in [0.05, 0.1) is 76.3 Å². The lowest BCUT2D eigenvalue weighted by Gasteiger charge is -2.11. The van der Waals surface area contributed by atoms with Crippen LogP contribution in [0.3, 0.4) is 0 Å². The Balaban J connectivity index is 0.000000171. The van der Waals surface area contributed by atoms with E-state index in [1.165, 1.54) is 70.6 Å². The summed E-state index contributed by atoms with van der Waals surface area (Å²) in [5, 5.41) is 41.3. The van der Waals surface area contributed by atoms with E-state index in [1.807, 2.05) is 135 Å². The highest BCUT2D eigenvalue weighted by atomic mass is 35.5. The van der Waals surface area contributed by atoms with Crippen LogP contribution in [0.4, 0.5) is 53.0 Å². The highest BCUT2D eigenvalue weighted by Gasteiger charge is 2.21. The minimum Gasteiger partial charge on any atom is -0.370 e. The molecule has 0 radical (unpaired) electrons. The predicted octanol–water partition coefficient (Wildman–Crippen LogP) is 17.2. The second kappa shape index (κ2) is 50.8. The van der Waals surface area contributed by atoms with Crippen molar-refractivity contribution in [2.45, 2.75) is 146 Å². The molecule has 7 aromatic carbocycles. The van der Waals surface area contributed by atoms with Crippen LogP contribution >= 0.6 is 34.8 Å². The third-order valence-corrected chi connectivity index (χ3v) is 28.7. The number of primary sulfonamides is 2. The van der Waals surface area contributed by atoms with Gasteiger partial charge in [0.15, 0.2) is 24.8 Å². The molecule has 8 aromatic heterocycles. The molecule has 8 heterocycles. The SMILES string of the molecule is CS(=O)(=O)c1ccc(CCCc2cc(-c3cccc(Cl)c3Cl)nc(N)n2)cc1.Cc1cccc(-c2cc(NCCCCS(=O)(=O)c3ccc(S(N)(=O)=O)cc3)nc(N)n2)c1C.Cc1cccc(-c2cc(NCCCc3cc(C#N)ccn3)nc(N)n2)c1C.Cc1cccc(-c2cc(NCCCc3ccc(Cl)nn3)nc(N)n2)c1C.Cc1cccc(-c2cc(NCCCc3ccc(S(N)(=O)=O)cn3)nc(N)n2)c1C. The number of halogens is 3. The highest BCUT2D eigenvalue weighted by molar-refractivity contribution is 7.91. The number of nitrogens with one attached hydrogen (secondary N) is 4. The van der Waals surface area contributed by atoms with Crippen molar-refractivity contribution < 1.29 is 33.7 Å². The van der Waals surface area contributed by atoms with E-state index in [9.17, 15) is 33.7 Å². The Morgan fingerprint density at radius 2 is 0.720 bits per heavy atom. The second-order valence-electron chi connectivity index (χ2n) is 33.5. The fraction of sp³-hybridized carbons (Fsp3) is 0.245. The number of hydrogen-bond donors (Lipinski definition) is 11. The fourth-order valence-corrected chi connectivity index (χ4v) is 18.2. The number of hydrogen-bond acceptors (Lipinski definition) is 32. The van der Waals surface area contributed by atoms with Crippen molar-refractivity contribution in [3.8, 4) is 62.4 Å². The zero-order chi connectivity index (χ0) is 103. The molecular weight excluding hydrogens is 1950 g/mol. The molecule has 0 unspecified atom stereocenters. The number of nitrogen functional groups attached to an aromatic ring is 5. The minimum absolute atomic E-state index is 0.00908. The van der Waals surface area contributed by atoms with E-state index in [1.54, 1.807) is 42.6 Å². The molecule has 0 aliphatic rings. The fourth-order valence-electron chi connectivity index (χ4n) is 14.7. The van der Waals surface area contributed by atoms with Crippen LogP contribution in [0.2, 0.25) is 15.2 Å². The number of benzene rings is 7. The maximum Gasteiger partial charge on any atom is 0.239 e. The van der Waals surface area contributed by atoms with Crippen LogP contribution in [0.25, 0.3) is 56.3 Å². The zero-order valence-corrected chi connectivity index (χ0v) is 85.9. The number of pyridine rings is 2. The highest BCUT2D eigenvalue weighted by Crippen LogP contribution is 2.36. The van der Waals surface area contributed by atoms with E-state index < -0.39 is 39.7 Å². The maximum absolute atomic E-state index is 12.5. The van der Waals surface area contributed by atoms with Crippen LogP contribution in [0, 0.1) is 66.7 Å². The Labute approximate surface area is 848 Å². The third-order valence-electron chi connectivity index (χ3n) is 22.9. The molecule has 0 atom stereocenters. The first-order valence-electron chi connectivity index (χ1n) is 45.4. The Hall–Kier alpha value is -14.4. The van der Waals surface area contributed by atoms with E-state index in [4.69, 9.17) is 79.0 Å². The molecule has 41 heteroatoms. The molecule has 744 valence electrons. The van der Waals surface area contributed by atoms with Crippen LogP contribution in [0.1, 0.15) is 117 Å². The summed E-state index contributed by atoms with van der Waals surface area (Å²) < 4.78 is 93.2. The van der Waals surface area contributed by atoms with Crippen LogP contribution in [0.15, 0.2) is 238 Å². The molecule has 0 saturated heterocycles. The molecule has 34 nitrogen and oxygen atoms in total. The Morgan fingerprint density at radius 1 is 0.343 bits per heavy atom. The quantitative estimate of drug-likeness (QED) is 0.0167. The van der Waals surface area contributed by atoms with Crippen molar-refractivity contribution in [2.75, 3.05) is 88.1 Å². The Kier molecular flexibility index (Phi) is 38.7. The third kappa shape index (κ3) is 32.8. The lowest BCUT2D eigenvalue weighted by molar-refractivity contribution is 0.590. The number of sulfone groups is 2. The van der Waals surface area contributed by atoms with Crippen LogP contribution < -0.4 is 60.2 Å². The Morgan fingerprint density at radius 3 is 1.13 bits per heavy atom. The summed E-state index contributed by atoms with van der Waals surface area (Å²) in [7, 11) is -14.3. The molecule has 0 saturated carbocycles. The number of unbranched alkanes of at least 4 members (excludes halogenated alkanes) is 1. The van der Waals surface area contributed by atoms with E-state index in [0.29, 0.717) is 93.1 Å². The summed E-state index contributed by atoms with van der Waals surface area (Å²) in [6.45, 7) is 19.1. The average Bonchev–Trinajstić information content (AvgIpc) is 0.827. The number of anilines is 9. The largest absolute Gasteiger partial charge is 0.370 e. The molecule has 0 spiro atoms. The summed E-state index contributed by atoms with van der Waals surface area (Å²) in [6.07, 6.45) is 12.3. The first-order chi connectivity index (χ1) is 68.0. The minimum atomic E-state index is -3.87. The van der Waals surface area contributed by atoms with Gasteiger partial charge in [-0.15, -0.1) is 5.10 Å². The molecule has 143 heavy (non-hydrogen) atoms. The van der Waals surface area contributed by atoms with Crippen LogP contribution in [0.5, 0.6) is 0 Å². The summed E-state index contributed by atoms with van der Waals surface area (Å²) in [5.41, 5.74) is 52.6. The molecule has 0 aliphatic heterocycles. The van der Waals surface area contributed by atoms with Gasteiger partial charge in [-0.1, -0.05) is 132 Å². The summed E-state index contributed by atoms with van der Waals surface area (Å²) in [5.74, 6) is 3.64. The predicted molar refractivity (Wildman–Crippen MR) is 569 cm³/mol. The van der Waals surface area contributed by atoms with Crippen LogP contribution in [-0.4, -0.2) is 142 Å². The van der Waals surface area contributed by atoms with Crippen molar-refractivity contribution >= 4 is 128 Å². The van der Waals surface area contributed by atoms with E-state index in [0.717, 1.165) is 154 Å². The number of rotatable bonds is 34. The first-order valence-corrected chi connectivity index (χ1v) is 53.1. The molecule has 0 aliphatic carbocycles. The molecule has 0 fully saturated rings. The van der Waals surface area contributed by atoms with Crippen molar-refractivity contribution in [3.05, 3.63) is 312 Å². The van der Waals surface area contributed by atoms with Gasteiger partial charge in [-0.2, -0.15) is 30.3 Å². The molecule has 15 rings (SSSR count). The van der Waals surface area contributed by atoms with Crippen molar-refractivity contribution in [2.24, 2.45) is 10.3 Å². The van der Waals surface area contributed by atoms with E-state index in [-0.39, 0.29) is 50.2 Å². The standard InChI is InChI=1S/C22H27N5O4S2.C21H22N6.C20H19Cl2N3O2S.C20H24N6O2S.C19H21ClN6/c1-15-6-5-7-19(16(15)2)20-14-21(27-22(23)26-20)25-12-3-4-13-32(28,29)17-8-10-18(11-9-17)33(24,30)31;1-14-5-3-7-18(15(14)2)19-12-20(27-21(23)26-19)25-9-4-6-17-11-16(13-22)8-10-24-17;1-28(26,27)15-10-8-13(9-11-15)4-2-5-14-12-18(25-20(23)24-14)16-6-3-7-17(21)19(16)22;1-13-5-3-7-17(14(13)2)18-11-19(26-20(21)25-18)23-10-4-6-15-8-9-16(12-24-15)29(22,27)28;1-12-5-3-7-15(13(12)2)16-11-18(24-19(21)23-16)22-10-4-6-14-8-9-17(20)26-25-14/h5-11,14H,3-4,12-13H2,1-2H3,(H2,24,30,31)(H3,23,25,26,27);3,5,7-8,10-12H,4,6,9H2,1-2H3,(H3,23,25,26,27);3,6-12H,2,4-5H2,1H3,(H2,23,24,25);3,5,7-9,11-12H,4,6,10H2,1-2H3,(H2,22,27,28)(H3,21,23,25,26);3,5,7-9,11H,4,6,10H2,1-2H3,(H3,21,22,23,24). The lowest BCUT2D eigenvalue weighted by atomic mass is 10.0. The lowest BCUT2D eigenvalue weighted by Crippen LogP contribution is -2.13. The number of nitrogens with two attached hydrogens (primary N) is 7. The second-order valence-corrected chi connectivity index (χ2v) is 42.0. The topological polar surface area (TPSA) is 571 Å². The number of sulfonamides is 2. The zero-order valence-electron chi connectivity index (χ0n) is 80.4. The molecule has 18 N–H and O–H groups in total. The van der Waals surface area contributed by atoms with Gasteiger partial charge in [0.25, 0.3) is 0 Å². The van der Waals surface area contributed by atoms with Crippen LogP contribution in [-0.2, 0) is 71.8 Å². The van der Waals surface area contributed by atoms with Gasteiger partial charge in [0, 0.05) is 114 Å². The number of aryl methyl sites for hydroxylation is 9. The van der Waals surface area contributed by atoms with Gasteiger partial charge in [0.2, 0.25) is 49.8 Å². The van der Waals surface area contributed by atoms with Gasteiger partial charge in [-0.05, 0) is 261 Å². The smallest absolute Gasteiger partial charge is 0.239 e.